The maximum Gasteiger partial charge on any atom is 0.343 e. The van der Waals surface area contributed by atoms with Gasteiger partial charge in [-0.2, -0.15) is 0 Å². The van der Waals surface area contributed by atoms with E-state index in [9.17, 15) is 31.1 Å². The van der Waals surface area contributed by atoms with Crippen molar-refractivity contribution < 1.29 is 40.6 Å². The van der Waals surface area contributed by atoms with Crippen LogP contribution >= 0.6 is 11.8 Å². The van der Waals surface area contributed by atoms with Gasteiger partial charge in [-0.1, -0.05) is 13.0 Å². The van der Waals surface area contributed by atoms with Gasteiger partial charge in [0.05, 0.1) is 7.11 Å². The number of carbonyl (C=O) groups is 1. The lowest BCUT2D eigenvalue weighted by Crippen LogP contribution is -2.13. The van der Waals surface area contributed by atoms with Crippen LogP contribution in [0.15, 0.2) is 53.4 Å². The van der Waals surface area contributed by atoms with E-state index in [4.69, 9.17) is 4.74 Å². The van der Waals surface area contributed by atoms with Crippen LogP contribution in [0.1, 0.15) is 23.6 Å². The van der Waals surface area contributed by atoms with Crippen LogP contribution in [0.5, 0.6) is 5.75 Å². The van der Waals surface area contributed by atoms with Crippen LogP contribution in [-0.2, 0) is 16.0 Å². The highest BCUT2D eigenvalue weighted by molar-refractivity contribution is 7.99. The van der Waals surface area contributed by atoms with E-state index in [1.54, 1.807) is 18.2 Å². The number of esters is 1. The Morgan fingerprint density at radius 1 is 0.861 bits per heavy atom. The summed E-state index contributed by atoms with van der Waals surface area (Å²) in [7, 11) is 1.24. The van der Waals surface area contributed by atoms with E-state index >= 15 is 0 Å². The molecule has 0 aliphatic carbocycles. The molecule has 0 N–H and O–H groups in total. The van der Waals surface area contributed by atoms with Gasteiger partial charge in [-0.3, -0.25) is 0 Å². The molecule has 0 aliphatic heterocycles. The fraction of sp³-hybridized carbons (Fsp3) is 0.192. The number of benzene rings is 3. The van der Waals surface area contributed by atoms with E-state index in [0.717, 1.165) is 22.6 Å². The van der Waals surface area contributed by atoms with Gasteiger partial charge in [0, 0.05) is 21.8 Å². The minimum absolute atomic E-state index is 0.0811. The molecule has 0 saturated heterocycles. The highest BCUT2D eigenvalue weighted by Gasteiger charge is 2.22. The zero-order valence-corrected chi connectivity index (χ0v) is 20.0. The van der Waals surface area contributed by atoms with Gasteiger partial charge in [0.1, 0.15) is 5.75 Å². The summed E-state index contributed by atoms with van der Waals surface area (Å²) in [4.78, 5) is 12.0. The Balaban J connectivity index is 1.93. The third kappa shape index (κ3) is 6.04. The monoisotopic (exact) mass is 526 g/mol. The predicted octanol–water partition coefficient (Wildman–Crippen LogP) is 6.86. The van der Waals surface area contributed by atoms with Crippen molar-refractivity contribution in [3.63, 3.8) is 0 Å². The van der Waals surface area contributed by atoms with Crippen molar-refractivity contribution in [3.8, 4) is 5.75 Å². The molecule has 3 aromatic carbocycles. The number of thioether (sulfide) groups is 1. The van der Waals surface area contributed by atoms with Gasteiger partial charge in [0.25, 0.3) is 0 Å². The molecule has 0 amide bonds. The second-order valence-corrected chi connectivity index (χ2v) is 8.46. The topological polar surface area (TPSA) is 35.5 Å². The van der Waals surface area contributed by atoms with E-state index in [0.29, 0.717) is 24.3 Å². The zero-order chi connectivity index (χ0) is 26.4. The summed E-state index contributed by atoms with van der Waals surface area (Å²) < 4.78 is 93.8. The summed E-state index contributed by atoms with van der Waals surface area (Å²) in [5, 5.41) is 0. The lowest BCUT2D eigenvalue weighted by molar-refractivity contribution is -0.142. The lowest BCUT2D eigenvalue weighted by Gasteiger charge is -2.13. The normalized spacial score (nSPS) is 10.8. The summed E-state index contributed by atoms with van der Waals surface area (Å²) in [5.41, 5.74) is -0.518. The van der Waals surface area contributed by atoms with E-state index in [-0.39, 0.29) is 17.9 Å². The SMILES string of the molecule is CCc1cc(SCC=C(c2ccc(F)c(F)c2F)c2ccc(F)c(F)c2F)ccc1OCC(=O)OC. The summed E-state index contributed by atoms with van der Waals surface area (Å²) >= 11 is 1.23. The van der Waals surface area contributed by atoms with Crippen molar-refractivity contribution in [2.45, 2.75) is 18.2 Å². The quantitative estimate of drug-likeness (QED) is 0.132. The van der Waals surface area contributed by atoms with Crippen LogP contribution in [0.3, 0.4) is 0 Å². The van der Waals surface area contributed by atoms with E-state index in [1.807, 2.05) is 6.92 Å². The number of halogens is 6. The Morgan fingerprint density at radius 3 is 1.97 bits per heavy atom. The number of ether oxygens (including phenoxy) is 2. The van der Waals surface area contributed by atoms with Crippen LogP contribution in [0.2, 0.25) is 0 Å². The summed E-state index contributed by atoms with van der Waals surface area (Å²) in [6.45, 7) is 1.62. The highest BCUT2D eigenvalue weighted by Crippen LogP contribution is 2.33. The van der Waals surface area contributed by atoms with E-state index < -0.39 is 52.0 Å². The average Bonchev–Trinajstić information content (AvgIpc) is 2.88. The van der Waals surface area contributed by atoms with Gasteiger partial charge >= 0.3 is 5.97 Å². The molecule has 3 rings (SSSR count). The molecular formula is C26H20F6O3S. The lowest BCUT2D eigenvalue weighted by atomic mass is 9.96. The van der Waals surface area contributed by atoms with Gasteiger partial charge in [0.2, 0.25) is 0 Å². The van der Waals surface area contributed by atoms with Crippen LogP contribution < -0.4 is 4.74 Å². The average molecular weight is 526 g/mol. The fourth-order valence-corrected chi connectivity index (χ4v) is 4.14. The molecule has 0 fully saturated rings. The molecule has 0 atom stereocenters. The molecule has 0 spiro atoms. The zero-order valence-electron chi connectivity index (χ0n) is 19.1. The van der Waals surface area contributed by atoms with Crippen LogP contribution in [0.25, 0.3) is 5.57 Å². The van der Waals surface area contributed by atoms with Crippen molar-refractivity contribution in [3.05, 3.63) is 100 Å². The molecule has 36 heavy (non-hydrogen) atoms. The highest BCUT2D eigenvalue weighted by atomic mass is 32.2. The standard InChI is InChI=1S/C26H20F6O3S/c1-3-14-12-15(4-9-21(14)35-13-22(33)34-2)36-11-10-16(17-5-7-19(27)25(31)23(17)29)18-6-8-20(28)26(32)24(18)30/h4-10,12H,3,11,13H2,1-2H3. The maximum absolute atomic E-state index is 14.6. The fourth-order valence-electron chi connectivity index (χ4n) is 3.31. The smallest absolute Gasteiger partial charge is 0.343 e. The molecule has 0 aromatic heterocycles. The van der Waals surface area contributed by atoms with Crippen LogP contribution in [0.4, 0.5) is 26.3 Å². The molecule has 0 heterocycles. The third-order valence-electron chi connectivity index (χ3n) is 5.17. The van der Waals surface area contributed by atoms with Crippen LogP contribution in [-0.4, -0.2) is 25.4 Å². The Morgan fingerprint density at radius 2 is 1.44 bits per heavy atom. The number of aryl methyl sites for hydroxylation is 1. The minimum Gasteiger partial charge on any atom is -0.482 e. The molecular weight excluding hydrogens is 506 g/mol. The Hall–Kier alpha value is -3.40. The van der Waals surface area contributed by atoms with Crippen molar-refractivity contribution in [2.75, 3.05) is 19.5 Å². The van der Waals surface area contributed by atoms with Crippen molar-refractivity contribution in [1.29, 1.82) is 0 Å². The predicted molar refractivity (Wildman–Crippen MR) is 124 cm³/mol. The second-order valence-electron chi connectivity index (χ2n) is 7.36. The first kappa shape index (κ1) is 27.2. The summed E-state index contributed by atoms with van der Waals surface area (Å²) in [6, 6.07) is 8.25. The number of rotatable bonds is 9. The Kier molecular flexibility index (Phi) is 9.08. The van der Waals surface area contributed by atoms with Gasteiger partial charge in [-0.25, -0.2) is 31.1 Å². The second kappa shape index (κ2) is 12.0. The summed E-state index contributed by atoms with van der Waals surface area (Å²) in [5.74, 6) is -9.59. The molecule has 0 radical (unpaired) electrons. The third-order valence-corrected chi connectivity index (χ3v) is 6.09. The number of hydrogen-bond acceptors (Lipinski definition) is 4. The molecule has 10 heteroatoms. The first-order valence-corrected chi connectivity index (χ1v) is 11.6. The Labute approximate surface area is 207 Å². The molecule has 3 aromatic rings. The largest absolute Gasteiger partial charge is 0.482 e. The molecule has 0 bridgehead atoms. The van der Waals surface area contributed by atoms with Gasteiger partial charge < -0.3 is 9.47 Å². The maximum atomic E-state index is 14.6. The molecule has 0 aliphatic rings. The molecule has 0 unspecified atom stereocenters. The minimum atomic E-state index is -1.77. The van der Waals surface area contributed by atoms with Gasteiger partial charge in [-0.15, -0.1) is 11.8 Å². The van der Waals surface area contributed by atoms with E-state index in [1.165, 1.54) is 24.9 Å². The Bertz CT molecular complexity index is 1250. The van der Waals surface area contributed by atoms with Crippen molar-refractivity contribution >= 4 is 23.3 Å². The van der Waals surface area contributed by atoms with Gasteiger partial charge in [-0.05, 0) is 60.0 Å². The van der Waals surface area contributed by atoms with Crippen molar-refractivity contribution in [2.24, 2.45) is 0 Å². The molecule has 3 nitrogen and oxygen atoms in total. The number of carbonyl (C=O) groups excluding carboxylic acids is 1. The van der Waals surface area contributed by atoms with Crippen molar-refractivity contribution in [1.82, 2.24) is 0 Å². The van der Waals surface area contributed by atoms with E-state index in [2.05, 4.69) is 4.74 Å². The van der Waals surface area contributed by atoms with Crippen LogP contribution in [0, 0.1) is 34.9 Å². The summed E-state index contributed by atoms with van der Waals surface area (Å²) in [6.07, 6.45) is 1.88. The van der Waals surface area contributed by atoms with Gasteiger partial charge in [0.15, 0.2) is 41.5 Å². The first-order chi connectivity index (χ1) is 17.2. The molecule has 190 valence electrons. The first-order valence-electron chi connectivity index (χ1n) is 10.6. The number of hydrogen-bond donors (Lipinski definition) is 0. The molecule has 0 saturated carbocycles. The number of methoxy groups -OCH3 is 1.